The average molecular weight is 327 g/mol. The number of amides is 1. The van der Waals surface area contributed by atoms with E-state index in [9.17, 15) is 9.90 Å². The van der Waals surface area contributed by atoms with Crippen molar-refractivity contribution in [1.82, 2.24) is 5.32 Å². The molecule has 5 heteroatoms. The highest BCUT2D eigenvalue weighted by atomic mass is 16.5. The number of phenolic OH excluding ortho intramolecular Hbond substituents is 1. The fourth-order valence-corrected chi connectivity index (χ4v) is 2.18. The molecule has 0 aliphatic heterocycles. The zero-order valence-electron chi connectivity index (χ0n) is 13.8. The quantitative estimate of drug-likeness (QED) is 0.767. The minimum Gasteiger partial charge on any atom is -0.508 e. The van der Waals surface area contributed by atoms with Crippen LogP contribution in [0.1, 0.15) is 11.1 Å². The number of phenols is 1. The maximum absolute atomic E-state index is 11.8. The lowest BCUT2D eigenvalue weighted by Crippen LogP contribution is -2.23. The molecule has 24 heavy (non-hydrogen) atoms. The summed E-state index contributed by atoms with van der Waals surface area (Å²) in [5.41, 5.74) is 1.90. The van der Waals surface area contributed by atoms with Crippen molar-refractivity contribution in [3.05, 3.63) is 59.7 Å². The molecular weight excluding hydrogens is 306 g/mol. The fourth-order valence-electron chi connectivity index (χ4n) is 2.18. The van der Waals surface area contributed by atoms with Gasteiger partial charge in [-0.3, -0.25) is 4.79 Å². The van der Waals surface area contributed by atoms with Crippen molar-refractivity contribution in [3.63, 3.8) is 0 Å². The largest absolute Gasteiger partial charge is 0.508 e. The Balaban J connectivity index is 1.85. The Kier molecular flexibility index (Phi) is 6.25. The molecule has 2 N–H and O–H groups in total. The van der Waals surface area contributed by atoms with Crippen LogP contribution < -0.4 is 14.8 Å². The molecule has 126 valence electrons. The number of methoxy groups -OCH3 is 2. The van der Waals surface area contributed by atoms with E-state index in [1.165, 1.54) is 6.08 Å². The molecular formula is C19H21NO4. The summed E-state index contributed by atoms with van der Waals surface area (Å²) in [6.45, 7) is 0.528. The third kappa shape index (κ3) is 5.05. The summed E-state index contributed by atoms with van der Waals surface area (Å²) < 4.78 is 10.4. The number of carbonyl (C=O) groups excluding carboxylic acids is 1. The first kappa shape index (κ1) is 17.4. The number of hydrogen-bond acceptors (Lipinski definition) is 4. The van der Waals surface area contributed by atoms with E-state index in [1.807, 2.05) is 18.2 Å². The van der Waals surface area contributed by atoms with Gasteiger partial charge in [0.05, 0.1) is 14.2 Å². The second-order valence-corrected chi connectivity index (χ2v) is 5.16. The minimum absolute atomic E-state index is 0.163. The van der Waals surface area contributed by atoms with Crippen molar-refractivity contribution in [3.8, 4) is 17.2 Å². The Morgan fingerprint density at radius 2 is 1.79 bits per heavy atom. The Morgan fingerprint density at radius 1 is 1.08 bits per heavy atom. The van der Waals surface area contributed by atoms with Gasteiger partial charge in [-0.15, -0.1) is 0 Å². The van der Waals surface area contributed by atoms with Crippen molar-refractivity contribution >= 4 is 12.0 Å². The molecule has 0 atom stereocenters. The van der Waals surface area contributed by atoms with Gasteiger partial charge in [-0.25, -0.2) is 0 Å². The molecule has 1 amide bonds. The third-order valence-corrected chi connectivity index (χ3v) is 3.48. The van der Waals surface area contributed by atoms with Crippen LogP contribution in [0.15, 0.2) is 48.5 Å². The number of aromatic hydroxyl groups is 1. The van der Waals surface area contributed by atoms with Crippen LogP contribution in [-0.2, 0) is 11.2 Å². The van der Waals surface area contributed by atoms with Gasteiger partial charge in [0.25, 0.3) is 0 Å². The predicted octanol–water partition coefficient (Wildman–Crippen LogP) is 2.78. The van der Waals surface area contributed by atoms with Gasteiger partial charge in [0.1, 0.15) is 5.75 Å². The van der Waals surface area contributed by atoms with E-state index in [1.54, 1.807) is 44.6 Å². The highest BCUT2D eigenvalue weighted by Gasteiger charge is 2.03. The Morgan fingerprint density at radius 3 is 2.46 bits per heavy atom. The van der Waals surface area contributed by atoms with Crippen LogP contribution in [0.5, 0.6) is 17.2 Å². The number of rotatable bonds is 7. The van der Waals surface area contributed by atoms with Crippen molar-refractivity contribution in [2.75, 3.05) is 20.8 Å². The Labute approximate surface area is 141 Å². The van der Waals surface area contributed by atoms with Gasteiger partial charge < -0.3 is 19.9 Å². The van der Waals surface area contributed by atoms with E-state index in [-0.39, 0.29) is 11.7 Å². The number of ether oxygens (including phenoxy) is 2. The third-order valence-electron chi connectivity index (χ3n) is 3.48. The van der Waals surface area contributed by atoms with Gasteiger partial charge in [-0.1, -0.05) is 18.2 Å². The molecule has 5 nitrogen and oxygen atoms in total. The molecule has 0 aromatic heterocycles. The number of hydrogen-bond donors (Lipinski definition) is 2. The van der Waals surface area contributed by atoms with E-state index in [0.29, 0.717) is 24.5 Å². The molecule has 0 aliphatic rings. The summed E-state index contributed by atoms with van der Waals surface area (Å²) in [6.07, 6.45) is 3.91. The van der Waals surface area contributed by atoms with Crippen LogP contribution in [0.3, 0.4) is 0 Å². The van der Waals surface area contributed by atoms with E-state index in [2.05, 4.69) is 5.32 Å². The molecule has 2 rings (SSSR count). The summed E-state index contributed by atoms with van der Waals surface area (Å²) in [5, 5.41) is 12.0. The molecule has 0 heterocycles. The zero-order chi connectivity index (χ0) is 17.4. The maximum Gasteiger partial charge on any atom is 0.244 e. The number of nitrogens with one attached hydrogen (secondary N) is 1. The molecule has 0 fully saturated rings. The molecule has 0 unspecified atom stereocenters. The van der Waals surface area contributed by atoms with Crippen LogP contribution in [0.2, 0.25) is 0 Å². The second kappa shape index (κ2) is 8.62. The zero-order valence-corrected chi connectivity index (χ0v) is 13.8. The van der Waals surface area contributed by atoms with Gasteiger partial charge in [0.15, 0.2) is 11.5 Å². The standard InChI is InChI=1S/C19H21NO4/c1-23-17-9-5-15(13-18(17)24-2)6-10-19(22)20-12-11-14-3-7-16(21)8-4-14/h3-10,13,21H,11-12H2,1-2H3,(H,20,22). The molecule has 2 aromatic carbocycles. The van der Waals surface area contributed by atoms with Crippen LogP contribution in [0, 0.1) is 0 Å². The van der Waals surface area contributed by atoms with Gasteiger partial charge >= 0.3 is 0 Å². The van der Waals surface area contributed by atoms with Gasteiger partial charge in [-0.2, -0.15) is 0 Å². The van der Waals surface area contributed by atoms with Gasteiger partial charge in [0, 0.05) is 12.6 Å². The molecule has 0 bridgehead atoms. The number of benzene rings is 2. The Bertz CT molecular complexity index is 708. The fraction of sp³-hybridized carbons (Fsp3) is 0.211. The predicted molar refractivity (Wildman–Crippen MR) is 93.4 cm³/mol. The van der Waals surface area contributed by atoms with E-state index in [4.69, 9.17) is 9.47 Å². The summed E-state index contributed by atoms with van der Waals surface area (Å²) in [6, 6.07) is 12.4. The van der Waals surface area contributed by atoms with Crippen molar-refractivity contribution in [2.45, 2.75) is 6.42 Å². The molecule has 0 radical (unpaired) electrons. The monoisotopic (exact) mass is 327 g/mol. The van der Waals surface area contributed by atoms with Crippen molar-refractivity contribution < 1.29 is 19.4 Å². The van der Waals surface area contributed by atoms with Gasteiger partial charge in [-0.05, 0) is 47.9 Å². The molecule has 0 aliphatic carbocycles. The van der Waals surface area contributed by atoms with E-state index >= 15 is 0 Å². The van der Waals surface area contributed by atoms with Crippen LogP contribution in [0.4, 0.5) is 0 Å². The number of carbonyl (C=O) groups is 1. The van der Waals surface area contributed by atoms with Crippen molar-refractivity contribution in [1.29, 1.82) is 0 Å². The summed E-state index contributed by atoms with van der Waals surface area (Å²) in [7, 11) is 3.15. The summed E-state index contributed by atoms with van der Waals surface area (Å²) in [4.78, 5) is 11.8. The lowest BCUT2D eigenvalue weighted by Gasteiger charge is -2.07. The minimum atomic E-state index is -0.163. The maximum atomic E-state index is 11.8. The highest BCUT2D eigenvalue weighted by Crippen LogP contribution is 2.27. The molecule has 0 saturated heterocycles. The van der Waals surface area contributed by atoms with Crippen LogP contribution in [0.25, 0.3) is 6.08 Å². The first-order chi connectivity index (χ1) is 11.6. The second-order valence-electron chi connectivity index (χ2n) is 5.16. The lowest BCUT2D eigenvalue weighted by molar-refractivity contribution is -0.116. The molecule has 0 spiro atoms. The first-order valence-corrected chi connectivity index (χ1v) is 7.58. The van der Waals surface area contributed by atoms with E-state index < -0.39 is 0 Å². The summed E-state index contributed by atoms with van der Waals surface area (Å²) in [5.74, 6) is 1.34. The lowest BCUT2D eigenvalue weighted by atomic mass is 10.1. The van der Waals surface area contributed by atoms with E-state index in [0.717, 1.165) is 11.1 Å². The van der Waals surface area contributed by atoms with Gasteiger partial charge in [0.2, 0.25) is 5.91 Å². The SMILES string of the molecule is COc1ccc(C=CC(=O)NCCc2ccc(O)cc2)cc1OC. The topological polar surface area (TPSA) is 67.8 Å². The average Bonchev–Trinajstić information content (AvgIpc) is 2.61. The smallest absolute Gasteiger partial charge is 0.244 e. The highest BCUT2D eigenvalue weighted by molar-refractivity contribution is 5.91. The Hall–Kier alpha value is -2.95. The molecule has 2 aromatic rings. The normalized spacial score (nSPS) is 10.6. The van der Waals surface area contributed by atoms with Crippen LogP contribution in [-0.4, -0.2) is 31.8 Å². The van der Waals surface area contributed by atoms with Crippen LogP contribution >= 0.6 is 0 Å². The summed E-state index contributed by atoms with van der Waals surface area (Å²) >= 11 is 0. The molecule has 0 saturated carbocycles. The first-order valence-electron chi connectivity index (χ1n) is 7.58. The van der Waals surface area contributed by atoms with Crippen molar-refractivity contribution in [2.24, 2.45) is 0 Å².